The van der Waals surface area contributed by atoms with Crippen LogP contribution in [0.1, 0.15) is 11.1 Å². The van der Waals surface area contributed by atoms with Gasteiger partial charge in [0.05, 0.1) is 0 Å². The van der Waals surface area contributed by atoms with E-state index in [1.54, 1.807) is 0 Å². The maximum atomic E-state index is 13.5. The number of methoxy groups -OCH3 is 1. The van der Waals surface area contributed by atoms with E-state index in [0.29, 0.717) is 0 Å². The number of hydrogen-bond donors (Lipinski definition) is 0. The SMILES string of the molecule is C=CC(=O)OC(c1cccc(C(OC)(C(F)(F)F)C(F)(F)F)c1)(C(F)(F)F)C(F)(F)F. The van der Waals surface area contributed by atoms with Crippen molar-refractivity contribution in [3.63, 3.8) is 0 Å². The molecule has 0 bridgehead atoms. The lowest BCUT2D eigenvalue weighted by molar-refractivity contribution is -0.383. The van der Waals surface area contributed by atoms with Crippen LogP contribution in [0, 0.1) is 0 Å². The van der Waals surface area contributed by atoms with E-state index in [1.807, 2.05) is 0 Å². The fourth-order valence-electron chi connectivity index (χ4n) is 2.65. The molecule has 0 heterocycles. The van der Waals surface area contributed by atoms with Gasteiger partial charge in [-0.3, -0.25) is 0 Å². The molecule has 176 valence electrons. The van der Waals surface area contributed by atoms with Gasteiger partial charge < -0.3 is 9.47 Å². The number of carbonyl (C=O) groups excluding carboxylic acids is 1. The van der Waals surface area contributed by atoms with Gasteiger partial charge in [-0.15, -0.1) is 0 Å². The standard InChI is InChI=1S/C16H10F12O3/c1-3-10(29)31-12(15(23,24)25,16(26,27)28)9-6-4-5-8(7-9)11(30-2,13(17,18)19)14(20,21)22/h3-7H,1H2,2H3. The molecule has 0 spiro atoms. The van der Waals surface area contributed by atoms with Gasteiger partial charge in [0.15, 0.2) is 0 Å². The molecule has 0 N–H and O–H groups in total. The van der Waals surface area contributed by atoms with Gasteiger partial charge in [-0.2, -0.15) is 52.7 Å². The van der Waals surface area contributed by atoms with E-state index >= 15 is 0 Å². The summed E-state index contributed by atoms with van der Waals surface area (Å²) in [6.45, 7) is 2.61. The van der Waals surface area contributed by atoms with Gasteiger partial charge in [0.2, 0.25) is 0 Å². The number of benzene rings is 1. The van der Waals surface area contributed by atoms with Crippen LogP contribution in [-0.2, 0) is 25.5 Å². The van der Waals surface area contributed by atoms with Crippen molar-refractivity contribution in [1.82, 2.24) is 0 Å². The lowest BCUT2D eigenvalue weighted by atomic mass is 9.85. The maximum Gasteiger partial charge on any atom is 0.442 e. The summed E-state index contributed by atoms with van der Waals surface area (Å²) in [6.07, 6.45) is -26.0. The predicted octanol–water partition coefficient (Wildman–Crippen LogP) is 5.70. The molecule has 0 radical (unpaired) electrons. The fourth-order valence-corrected chi connectivity index (χ4v) is 2.65. The molecule has 0 saturated heterocycles. The Morgan fingerprint density at radius 3 is 1.42 bits per heavy atom. The first-order valence-electron chi connectivity index (χ1n) is 7.51. The Kier molecular flexibility index (Phi) is 6.78. The highest BCUT2D eigenvalue weighted by atomic mass is 19.4. The van der Waals surface area contributed by atoms with Crippen LogP contribution < -0.4 is 0 Å². The molecule has 0 aliphatic rings. The van der Waals surface area contributed by atoms with Crippen LogP contribution >= 0.6 is 0 Å². The summed E-state index contributed by atoms with van der Waals surface area (Å²) in [7, 11) is -0.0911. The van der Waals surface area contributed by atoms with Crippen LogP contribution in [-0.4, -0.2) is 37.8 Å². The van der Waals surface area contributed by atoms with Crippen molar-refractivity contribution in [3.8, 4) is 0 Å². The van der Waals surface area contributed by atoms with Crippen LogP contribution in [0.4, 0.5) is 52.7 Å². The summed E-state index contributed by atoms with van der Waals surface area (Å²) in [5, 5.41) is 0. The molecule has 0 aliphatic heterocycles. The van der Waals surface area contributed by atoms with E-state index in [-0.39, 0.29) is 31.4 Å². The van der Waals surface area contributed by atoms with E-state index < -0.39 is 59.1 Å². The molecule has 0 fully saturated rings. The summed E-state index contributed by atoms with van der Waals surface area (Å²) >= 11 is 0. The normalized spacial score (nSPS) is 14.4. The third-order valence-corrected chi connectivity index (χ3v) is 4.00. The number of halogens is 12. The van der Waals surface area contributed by atoms with Gasteiger partial charge in [0.25, 0.3) is 5.60 Å². The van der Waals surface area contributed by atoms with Crippen molar-refractivity contribution in [3.05, 3.63) is 48.0 Å². The minimum absolute atomic E-state index is 0.0409. The minimum atomic E-state index is -6.56. The van der Waals surface area contributed by atoms with E-state index in [1.165, 1.54) is 0 Å². The molecule has 0 amide bonds. The van der Waals surface area contributed by atoms with Gasteiger partial charge in [0, 0.05) is 24.3 Å². The van der Waals surface area contributed by atoms with Crippen molar-refractivity contribution >= 4 is 5.97 Å². The van der Waals surface area contributed by atoms with Crippen LogP contribution in [0.25, 0.3) is 0 Å². The Hall–Kier alpha value is -2.45. The molecule has 1 rings (SSSR count). The van der Waals surface area contributed by atoms with Crippen LogP contribution in [0.3, 0.4) is 0 Å². The first-order valence-corrected chi connectivity index (χ1v) is 7.51. The zero-order valence-corrected chi connectivity index (χ0v) is 14.9. The Balaban J connectivity index is 4.08. The van der Waals surface area contributed by atoms with Crippen molar-refractivity contribution in [2.75, 3.05) is 7.11 Å². The number of carbonyl (C=O) groups is 1. The number of alkyl halides is 12. The van der Waals surface area contributed by atoms with E-state index in [9.17, 15) is 57.5 Å². The molecule has 0 unspecified atom stereocenters. The Bertz CT molecular complexity index is 789. The van der Waals surface area contributed by atoms with Crippen molar-refractivity contribution in [2.24, 2.45) is 0 Å². The van der Waals surface area contributed by atoms with Crippen molar-refractivity contribution in [1.29, 1.82) is 0 Å². The monoisotopic (exact) mass is 478 g/mol. The molecule has 0 aliphatic carbocycles. The number of esters is 1. The van der Waals surface area contributed by atoms with Gasteiger partial charge in [-0.1, -0.05) is 24.8 Å². The molecular weight excluding hydrogens is 468 g/mol. The first-order chi connectivity index (χ1) is 13.7. The van der Waals surface area contributed by atoms with Crippen molar-refractivity contribution < 1.29 is 67.0 Å². The number of hydrogen-bond acceptors (Lipinski definition) is 3. The molecule has 3 nitrogen and oxygen atoms in total. The lowest BCUT2D eigenvalue weighted by Gasteiger charge is -2.39. The third kappa shape index (κ3) is 4.19. The fraction of sp³-hybridized carbons (Fsp3) is 0.438. The highest BCUT2D eigenvalue weighted by Crippen LogP contribution is 2.56. The second kappa shape index (κ2) is 7.91. The number of ether oxygens (including phenoxy) is 2. The Morgan fingerprint density at radius 1 is 0.774 bits per heavy atom. The largest absolute Gasteiger partial charge is 0.442 e. The smallest absolute Gasteiger partial charge is 0.431 e. The summed E-state index contributed by atoms with van der Waals surface area (Å²) in [5.41, 5.74) is -15.4. The second-order valence-corrected chi connectivity index (χ2v) is 5.76. The Morgan fingerprint density at radius 2 is 1.13 bits per heavy atom. The average Bonchev–Trinajstić information content (AvgIpc) is 2.55. The molecule has 0 atom stereocenters. The third-order valence-electron chi connectivity index (χ3n) is 4.00. The summed E-state index contributed by atoms with van der Waals surface area (Å²) in [5.74, 6) is -2.30. The van der Waals surface area contributed by atoms with E-state index in [2.05, 4.69) is 16.1 Å². The highest BCUT2D eigenvalue weighted by molar-refractivity contribution is 5.82. The molecular formula is C16H10F12O3. The second-order valence-electron chi connectivity index (χ2n) is 5.76. The van der Waals surface area contributed by atoms with Gasteiger partial charge in [-0.25, -0.2) is 4.79 Å². The predicted molar refractivity (Wildman–Crippen MR) is 77.3 cm³/mol. The Labute approximate surface area is 165 Å². The van der Waals surface area contributed by atoms with Gasteiger partial charge in [0.1, 0.15) is 0 Å². The van der Waals surface area contributed by atoms with Crippen molar-refractivity contribution in [2.45, 2.75) is 35.9 Å². The zero-order valence-electron chi connectivity index (χ0n) is 14.9. The molecule has 0 aromatic heterocycles. The molecule has 1 aromatic rings. The number of rotatable bonds is 5. The molecule has 31 heavy (non-hydrogen) atoms. The highest BCUT2D eigenvalue weighted by Gasteiger charge is 2.77. The van der Waals surface area contributed by atoms with Crippen LogP contribution in [0.2, 0.25) is 0 Å². The van der Waals surface area contributed by atoms with Crippen LogP contribution in [0.15, 0.2) is 36.9 Å². The first kappa shape index (κ1) is 26.6. The topological polar surface area (TPSA) is 35.5 Å². The lowest BCUT2D eigenvalue weighted by Crippen LogP contribution is -2.58. The van der Waals surface area contributed by atoms with Gasteiger partial charge >= 0.3 is 36.3 Å². The maximum absolute atomic E-state index is 13.5. The van der Waals surface area contributed by atoms with E-state index in [4.69, 9.17) is 0 Å². The van der Waals surface area contributed by atoms with E-state index in [0.717, 1.165) is 0 Å². The molecule has 0 saturated carbocycles. The quantitative estimate of drug-likeness (QED) is 0.310. The molecule has 15 heteroatoms. The summed E-state index contributed by atoms with van der Waals surface area (Å²) in [4.78, 5) is 11.2. The summed E-state index contributed by atoms with van der Waals surface area (Å²) < 4.78 is 168. The average molecular weight is 478 g/mol. The minimum Gasteiger partial charge on any atom is -0.431 e. The van der Waals surface area contributed by atoms with Crippen LogP contribution in [0.5, 0.6) is 0 Å². The zero-order chi connectivity index (χ0) is 24.7. The molecule has 1 aromatic carbocycles. The van der Waals surface area contributed by atoms with Gasteiger partial charge in [-0.05, 0) is 6.07 Å². The summed E-state index contributed by atoms with van der Waals surface area (Å²) in [6, 6.07) is -0.777.